The van der Waals surface area contributed by atoms with E-state index >= 15 is 0 Å². The molecule has 0 aromatic heterocycles. The fourth-order valence-electron chi connectivity index (χ4n) is 2.40. The van der Waals surface area contributed by atoms with Crippen LogP contribution in [0.15, 0.2) is 18.2 Å². The van der Waals surface area contributed by atoms with E-state index in [1.807, 2.05) is 37.9 Å². The average Bonchev–Trinajstić information content (AvgIpc) is 2.46. The van der Waals surface area contributed by atoms with Crippen LogP contribution >= 0.6 is 11.8 Å². The van der Waals surface area contributed by atoms with Crippen molar-refractivity contribution in [2.45, 2.75) is 31.6 Å². The number of thioether (sulfide) groups is 1. The highest BCUT2D eigenvalue weighted by molar-refractivity contribution is 8.00. The van der Waals surface area contributed by atoms with Crippen molar-refractivity contribution < 1.29 is 4.39 Å². The Morgan fingerprint density at radius 1 is 1.53 bits per heavy atom. The Balaban J connectivity index is 2.16. The maximum atomic E-state index is 14.3. The second-order valence-corrected chi connectivity index (χ2v) is 6.48. The molecule has 2 unspecified atom stereocenters. The van der Waals surface area contributed by atoms with Crippen LogP contribution in [0.1, 0.15) is 31.9 Å². The molecule has 106 valence electrons. The van der Waals surface area contributed by atoms with E-state index in [1.165, 1.54) is 0 Å². The van der Waals surface area contributed by atoms with Gasteiger partial charge >= 0.3 is 0 Å². The molecule has 0 bridgehead atoms. The maximum absolute atomic E-state index is 14.3. The summed E-state index contributed by atoms with van der Waals surface area (Å²) in [6.07, 6.45) is 1.15. The Bertz CT molecular complexity index is 425. The standard InChI is InChI=1S/C15H23FN2S/c1-4-13-10-18(7-8-19-13)15-6-5-12(9-14(15)16)11(2)17-3/h5-6,9,11,13,17H,4,7-8,10H2,1-3H3. The van der Waals surface area contributed by atoms with Crippen molar-refractivity contribution in [3.05, 3.63) is 29.6 Å². The maximum Gasteiger partial charge on any atom is 0.146 e. The summed E-state index contributed by atoms with van der Waals surface area (Å²) < 4.78 is 14.3. The molecule has 1 aliphatic rings. The van der Waals surface area contributed by atoms with Gasteiger partial charge in [0.15, 0.2) is 0 Å². The molecule has 2 rings (SSSR count). The molecule has 1 N–H and O–H groups in total. The lowest BCUT2D eigenvalue weighted by Gasteiger charge is -2.34. The Morgan fingerprint density at radius 2 is 2.32 bits per heavy atom. The van der Waals surface area contributed by atoms with Gasteiger partial charge in [-0.3, -0.25) is 0 Å². The number of nitrogens with zero attached hydrogens (tertiary/aromatic N) is 1. The molecule has 2 nitrogen and oxygen atoms in total. The molecule has 1 heterocycles. The van der Waals surface area contributed by atoms with E-state index in [4.69, 9.17) is 0 Å². The fourth-order valence-corrected chi connectivity index (χ4v) is 3.58. The number of nitrogens with one attached hydrogen (secondary N) is 1. The van der Waals surface area contributed by atoms with Gasteiger partial charge in [-0.25, -0.2) is 4.39 Å². The zero-order valence-corrected chi connectivity index (χ0v) is 12.8. The molecule has 1 aromatic rings. The molecule has 1 fully saturated rings. The summed E-state index contributed by atoms with van der Waals surface area (Å²) in [7, 11) is 1.89. The molecule has 0 amide bonds. The van der Waals surface area contributed by atoms with Gasteiger partial charge in [0, 0.05) is 30.1 Å². The van der Waals surface area contributed by atoms with Crippen LogP contribution < -0.4 is 10.2 Å². The van der Waals surface area contributed by atoms with Gasteiger partial charge in [0.2, 0.25) is 0 Å². The van der Waals surface area contributed by atoms with E-state index in [0.717, 1.165) is 36.5 Å². The van der Waals surface area contributed by atoms with Crippen LogP contribution in [0.3, 0.4) is 0 Å². The molecule has 0 radical (unpaired) electrons. The molecule has 0 aliphatic carbocycles. The number of rotatable bonds is 4. The van der Waals surface area contributed by atoms with Crippen molar-refractivity contribution in [2.75, 3.05) is 30.8 Å². The number of hydrogen-bond donors (Lipinski definition) is 1. The summed E-state index contributed by atoms with van der Waals surface area (Å²) in [6.45, 7) is 6.15. The second-order valence-electron chi connectivity index (χ2n) is 5.07. The van der Waals surface area contributed by atoms with E-state index in [0.29, 0.717) is 5.25 Å². The molecular weight excluding hydrogens is 259 g/mol. The normalized spacial score (nSPS) is 21.5. The summed E-state index contributed by atoms with van der Waals surface area (Å²) in [5, 5.41) is 3.77. The largest absolute Gasteiger partial charge is 0.367 e. The Labute approximate surface area is 119 Å². The summed E-state index contributed by atoms with van der Waals surface area (Å²) >= 11 is 2.01. The van der Waals surface area contributed by atoms with Crippen LogP contribution in [-0.2, 0) is 0 Å². The van der Waals surface area contributed by atoms with Crippen LogP contribution in [0.5, 0.6) is 0 Å². The highest BCUT2D eigenvalue weighted by Gasteiger charge is 2.21. The van der Waals surface area contributed by atoms with E-state index < -0.39 is 0 Å². The Morgan fingerprint density at radius 3 is 2.95 bits per heavy atom. The molecule has 0 spiro atoms. The molecule has 0 saturated carbocycles. The predicted octanol–water partition coefficient (Wildman–Crippen LogP) is 3.44. The third-order valence-electron chi connectivity index (χ3n) is 3.84. The van der Waals surface area contributed by atoms with Crippen molar-refractivity contribution in [1.82, 2.24) is 5.32 Å². The quantitative estimate of drug-likeness (QED) is 0.911. The first-order valence-electron chi connectivity index (χ1n) is 6.99. The Hall–Kier alpha value is -0.740. The Kier molecular flexibility index (Phi) is 5.11. The van der Waals surface area contributed by atoms with Gasteiger partial charge < -0.3 is 10.2 Å². The van der Waals surface area contributed by atoms with Crippen LogP contribution in [0.4, 0.5) is 10.1 Å². The lowest BCUT2D eigenvalue weighted by Crippen LogP contribution is -2.38. The number of hydrogen-bond acceptors (Lipinski definition) is 3. The van der Waals surface area contributed by atoms with E-state index in [2.05, 4.69) is 17.1 Å². The zero-order valence-electron chi connectivity index (χ0n) is 11.9. The van der Waals surface area contributed by atoms with Crippen molar-refractivity contribution in [2.24, 2.45) is 0 Å². The van der Waals surface area contributed by atoms with Crippen molar-refractivity contribution in [3.63, 3.8) is 0 Å². The van der Waals surface area contributed by atoms with Crippen molar-refractivity contribution in [3.8, 4) is 0 Å². The fraction of sp³-hybridized carbons (Fsp3) is 0.600. The van der Waals surface area contributed by atoms with E-state index in [1.54, 1.807) is 6.07 Å². The first-order valence-corrected chi connectivity index (χ1v) is 8.03. The lowest BCUT2D eigenvalue weighted by atomic mass is 10.1. The minimum Gasteiger partial charge on any atom is -0.367 e. The zero-order chi connectivity index (χ0) is 13.8. The van der Waals surface area contributed by atoms with Gasteiger partial charge in [-0.2, -0.15) is 11.8 Å². The molecule has 1 saturated heterocycles. The summed E-state index contributed by atoms with van der Waals surface area (Å²) in [4.78, 5) is 2.19. The molecule has 1 aromatic carbocycles. The predicted molar refractivity (Wildman–Crippen MR) is 82.6 cm³/mol. The first kappa shape index (κ1) is 14.7. The minimum absolute atomic E-state index is 0.0960. The highest BCUT2D eigenvalue weighted by atomic mass is 32.2. The van der Waals surface area contributed by atoms with Gasteiger partial charge in [-0.05, 0) is 38.1 Å². The monoisotopic (exact) mass is 282 g/mol. The summed E-state index contributed by atoms with van der Waals surface area (Å²) in [5.74, 6) is 0.994. The second kappa shape index (κ2) is 6.62. The van der Waals surface area contributed by atoms with Crippen LogP contribution in [0.2, 0.25) is 0 Å². The summed E-state index contributed by atoms with van der Waals surface area (Å²) in [5.41, 5.74) is 1.76. The van der Waals surface area contributed by atoms with Crippen LogP contribution in [0.25, 0.3) is 0 Å². The molecule has 1 aliphatic heterocycles. The van der Waals surface area contributed by atoms with Crippen molar-refractivity contribution >= 4 is 17.4 Å². The van der Waals surface area contributed by atoms with Gasteiger partial charge in [-0.15, -0.1) is 0 Å². The molecule has 19 heavy (non-hydrogen) atoms. The third-order valence-corrected chi connectivity index (χ3v) is 5.21. The van der Waals surface area contributed by atoms with Gasteiger partial charge in [0.1, 0.15) is 5.82 Å². The minimum atomic E-state index is -0.0960. The summed E-state index contributed by atoms with van der Waals surface area (Å²) in [6, 6.07) is 5.81. The van der Waals surface area contributed by atoms with E-state index in [-0.39, 0.29) is 11.9 Å². The molecule has 2 atom stereocenters. The lowest BCUT2D eigenvalue weighted by molar-refractivity contribution is 0.598. The van der Waals surface area contributed by atoms with E-state index in [9.17, 15) is 4.39 Å². The topological polar surface area (TPSA) is 15.3 Å². The van der Waals surface area contributed by atoms with Crippen molar-refractivity contribution in [1.29, 1.82) is 0 Å². The molecule has 4 heteroatoms. The SMILES string of the molecule is CCC1CN(c2ccc(C(C)NC)cc2F)CCS1. The van der Waals surface area contributed by atoms with Gasteiger partial charge in [0.25, 0.3) is 0 Å². The molecular formula is C15H23FN2S. The first-order chi connectivity index (χ1) is 9.15. The van der Waals surface area contributed by atoms with Gasteiger partial charge in [-0.1, -0.05) is 13.0 Å². The van der Waals surface area contributed by atoms with Crippen LogP contribution in [0, 0.1) is 5.82 Å². The third kappa shape index (κ3) is 3.42. The average molecular weight is 282 g/mol. The number of benzene rings is 1. The van der Waals surface area contributed by atoms with Gasteiger partial charge in [0.05, 0.1) is 5.69 Å². The highest BCUT2D eigenvalue weighted by Crippen LogP contribution is 2.29. The number of anilines is 1. The van der Waals surface area contributed by atoms with Crippen LogP contribution in [-0.4, -0.2) is 31.1 Å². The number of halogens is 1. The smallest absolute Gasteiger partial charge is 0.146 e.